The predicted octanol–water partition coefficient (Wildman–Crippen LogP) is 10.2. The van der Waals surface area contributed by atoms with E-state index >= 15 is 0 Å². The molecule has 1 fully saturated rings. The number of nitrogens with zero attached hydrogens (tertiary/aromatic N) is 3. The van der Waals surface area contributed by atoms with Crippen LogP contribution in [0, 0.1) is 5.92 Å². The largest absolute Gasteiger partial charge is 0.378 e. The Labute approximate surface area is 262 Å². The van der Waals surface area contributed by atoms with Crippen LogP contribution in [0.1, 0.15) is 157 Å². The van der Waals surface area contributed by atoms with Crippen molar-refractivity contribution >= 4 is 29.2 Å². The van der Waals surface area contributed by atoms with Crippen molar-refractivity contribution < 1.29 is 4.74 Å². The van der Waals surface area contributed by atoms with Gasteiger partial charge in [-0.15, -0.1) is 0 Å². The Kier molecular flexibility index (Phi) is 18.1. The molecule has 1 aliphatic rings. The number of nitrogens with one attached hydrogen (secondary N) is 2. The summed E-state index contributed by atoms with van der Waals surface area (Å²) in [5.41, 5.74) is 0.177. The first kappa shape index (κ1) is 36.5. The minimum atomic E-state index is 0.0883. The van der Waals surface area contributed by atoms with Gasteiger partial charge in [0, 0.05) is 24.2 Å². The molecule has 0 spiro atoms. The molecule has 6 nitrogen and oxygen atoms in total. The van der Waals surface area contributed by atoms with Crippen LogP contribution in [0.15, 0.2) is 0 Å². The molecule has 1 aromatic heterocycles. The fourth-order valence-corrected chi connectivity index (χ4v) is 7.10. The Morgan fingerprint density at radius 2 is 1.17 bits per heavy atom. The summed E-state index contributed by atoms with van der Waals surface area (Å²) in [6, 6.07) is 0. The van der Waals surface area contributed by atoms with Crippen LogP contribution in [-0.2, 0) is 4.74 Å². The number of rotatable bonds is 23. The van der Waals surface area contributed by atoms with Gasteiger partial charge in [-0.1, -0.05) is 103 Å². The quantitative estimate of drug-likeness (QED) is 0.120. The number of halogens is 2. The van der Waals surface area contributed by atoms with Gasteiger partial charge in [0.25, 0.3) is 0 Å². The Balaban J connectivity index is 1.62. The monoisotopic (exact) mass is 613 g/mol. The van der Waals surface area contributed by atoms with E-state index in [0.717, 1.165) is 32.3 Å². The van der Waals surface area contributed by atoms with Gasteiger partial charge >= 0.3 is 0 Å². The van der Waals surface area contributed by atoms with E-state index < -0.39 is 0 Å². The highest BCUT2D eigenvalue weighted by Crippen LogP contribution is 2.36. The van der Waals surface area contributed by atoms with Gasteiger partial charge in [-0.3, -0.25) is 0 Å². The van der Waals surface area contributed by atoms with Crippen LogP contribution in [0.2, 0.25) is 10.6 Å². The molecule has 1 aliphatic heterocycles. The standard InChI is InChI=1S/C33H61Cl2N5O/c1-6-7-8-9-10-11-12-13-14-15-16-17-18-19-20-21-24-41-28(27-25-32(2,3)40-33(4,5)26-27)22-23-36-31-38-29(34)37-30(35)39-31/h27-28,40H,6-26H2,1-5H3,(H,36,37,38,39). The maximum absolute atomic E-state index is 6.60. The molecule has 1 unspecified atom stereocenters. The number of hydrogen-bond acceptors (Lipinski definition) is 6. The third-order valence-electron chi connectivity index (χ3n) is 8.37. The van der Waals surface area contributed by atoms with Crippen LogP contribution in [-0.4, -0.2) is 45.3 Å². The topological polar surface area (TPSA) is 72.0 Å². The lowest BCUT2D eigenvalue weighted by molar-refractivity contribution is -0.0309. The highest BCUT2D eigenvalue weighted by molar-refractivity contribution is 6.31. The van der Waals surface area contributed by atoms with Crippen molar-refractivity contribution in [2.75, 3.05) is 18.5 Å². The molecular formula is C33H61Cl2N5O. The van der Waals surface area contributed by atoms with Crippen LogP contribution in [0.4, 0.5) is 5.95 Å². The van der Waals surface area contributed by atoms with Crippen molar-refractivity contribution in [3.63, 3.8) is 0 Å². The Bertz CT molecular complexity index is 787. The number of unbranched alkanes of at least 4 members (excludes halogenated alkanes) is 15. The third kappa shape index (κ3) is 17.3. The van der Waals surface area contributed by atoms with Crippen LogP contribution < -0.4 is 10.6 Å². The fraction of sp³-hybridized carbons (Fsp3) is 0.909. The van der Waals surface area contributed by atoms with E-state index in [9.17, 15) is 0 Å². The lowest BCUT2D eigenvalue weighted by Crippen LogP contribution is -2.59. The first-order chi connectivity index (χ1) is 19.6. The summed E-state index contributed by atoms with van der Waals surface area (Å²) in [6.45, 7) is 13.0. The second-order valence-electron chi connectivity index (χ2n) is 13.7. The van der Waals surface area contributed by atoms with Crippen LogP contribution >= 0.6 is 23.2 Å². The molecule has 0 aliphatic carbocycles. The van der Waals surface area contributed by atoms with Crippen molar-refractivity contribution in [3.05, 3.63) is 10.6 Å². The van der Waals surface area contributed by atoms with E-state index in [1.807, 2.05) is 0 Å². The molecule has 0 saturated carbocycles. The second-order valence-corrected chi connectivity index (χ2v) is 14.4. The van der Waals surface area contributed by atoms with Crippen LogP contribution in [0.25, 0.3) is 0 Å². The van der Waals surface area contributed by atoms with E-state index in [-0.39, 0.29) is 27.7 Å². The first-order valence-electron chi connectivity index (χ1n) is 16.8. The van der Waals surface area contributed by atoms with Crippen LogP contribution in [0.5, 0.6) is 0 Å². The lowest BCUT2D eigenvalue weighted by atomic mass is 9.73. The van der Waals surface area contributed by atoms with Crippen molar-refractivity contribution in [2.24, 2.45) is 5.92 Å². The SMILES string of the molecule is CCCCCCCCCCCCCCCCCCOC(CCNc1nc(Cl)nc(Cl)n1)C1CC(C)(C)NC(C)(C)C1. The van der Waals surface area contributed by atoms with Crippen molar-refractivity contribution in [1.29, 1.82) is 0 Å². The first-order valence-corrected chi connectivity index (χ1v) is 17.6. The number of ether oxygens (including phenoxy) is 1. The Hall–Kier alpha value is -0.690. The van der Waals surface area contributed by atoms with Gasteiger partial charge in [0.05, 0.1) is 6.10 Å². The molecule has 0 aromatic carbocycles. The zero-order valence-corrected chi connectivity index (χ0v) is 28.5. The number of anilines is 1. The highest BCUT2D eigenvalue weighted by atomic mass is 35.5. The molecular weight excluding hydrogens is 553 g/mol. The average Bonchev–Trinajstić information content (AvgIpc) is 2.87. The molecule has 0 amide bonds. The smallest absolute Gasteiger partial charge is 0.228 e. The zero-order valence-electron chi connectivity index (χ0n) is 27.0. The predicted molar refractivity (Wildman–Crippen MR) is 176 cm³/mol. The molecule has 0 radical (unpaired) electrons. The van der Waals surface area contributed by atoms with Gasteiger partial charge in [-0.25, -0.2) is 0 Å². The van der Waals surface area contributed by atoms with Gasteiger partial charge in [-0.2, -0.15) is 15.0 Å². The lowest BCUT2D eigenvalue weighted by Gasteiger charge is -2.48. The van der Waals surface area contributed by atoms with E-state index in [1.165, 1.54) is 96.3 Å². The normalized spacial score (nSPS) is 17.5. The molecule has 41 heavy (non-hydrogen) atoms. The molecule has 1 aromatic rings. The molecule has 1 saturated heterocycles. The number of piperidine rings is 1. The summed E-state index contributed by atoms with van der Waals surface area (Å²) in [7, 11) is 0. The third-order valence-corrected chi connectivity index (χ3v) is 8.71. The van der Waals surface area contributed by atoms with Gasteiger partial charge in [0.15, 0.2) is 0 Å². The summed E-state index contributed by atoms with van der Waals surface area (Å²) in [4.78, 5) is 12.1. The molecule has 0 bridgehead atoms. The van der Waals surface area contributed by atoms with Gasteiger partial charge in [0.1, 0.15) is 0 Å². The maximum Gasteiger partial charge on any atom is 0.228 e. The second kappa shape index (κ2) is 20.3. The summed E-state index contributed by atoms with van der Waals surface area (Å²) in [5.74, 6) is 0.909. The summed E-state index contributed by atoms with van der Waals surface area (Å²) >= 11 is 11.9. The summed E-state index contributed by atoms with van der Waals surface area (Å²) in [6.07, 6.45) is 25.4. The molecule has 1 atom stereocenters. The Morgan fingerprint density at radius 3 is 1.63 bits per heavy atom. The minimum absolute atomic E-state index is 0.0883. The maximum atomic E-state index is 6.60. The van der Waals surface area contributed by atoms with Crippen molar-refractivity contribution in [2.45, 2.75) is 174 Å². The van der Waals surface area contributed by atoms with Crippen molar-refractivity contribution in [3.8, 4) is 0 Å². The minimum Gasteiger partial charge on any atom is -0.378 e. The van der Waals surface area contributed by atoms with Gasteiger partial charge in [-0.05, 0) is 82.5 Å². The zero-order chi connectivity index (χ0) is 30.0. The van der Waals surface area contributed by atoms with E-state index in [2.05, 4.69) is 60.2 Å². The van der Waals surface area contributed by atoms with Crippen molar-refractivity contribution in [1.82, 2.24) is 20.3 Å². The Morgan fingerprint density at radius 1 is 0.732 bits per heavy atom. The molecule has 2 heterocycles. The molecule has 8 heteroatoms. The van der Waals surface area contributed by atoms with Crippen LogP contribution in [0.3, 0.4) is 0 Å². The van der Waals surface area contributed by atoms with E-state index in [4.69, 9.17) is 27.9 Å². The van der Waals surface area contributed by atoms with Gasteiger partial charge < -0.3 is 15.4 Å². The van der Waals surface area contributed by atoms with E-state index in [1.54, 1.807) is 0 Å². The number of hydrogen-bond donors (Lipinski definition) is 2. The summed E-state index contributed by atoms with van der Waals surface area (Å²) in [5, 5.41) is 7.28. The average molecular weight is 615 g/mol. The van der Waals surface area contributed by atoms with E-state index in [0.29, 0.717) is 18.4 Å². The molecule has 2 rings (SSSR count). The van der Waals surface area contributed by atoms with Gasteiger partial charge in [0.2, 0.25) is 16.5 Å². The molecule has 2 N–H and O–H groups in total. The highest BCUT2D eigenvalue weighted by Gasteiger charge is 2.40. The summed E-state index contributed by atoms with van der Waals surface area (Å²) < 4.78 is 6.60. The fourth-order valence-electron chi connectivity index (χ4n) is 6.74. The number of aromatic nitrogens is 3. The molecule has 238 valence electrons.